The van der Waals surface area contributed by atoms with Crippen LogP contribution in [-0.2, 0) is 9.53 Å². The van der Waals surface area contributed by atoms with E-state index >= 15 is 0 Å². The zero-order valence-corrected chi connectivity index (χ0v) is 10.7. The Kier molecular flexibility index (Phi) is 4.73. The summed E-state index contributed by atoms with van der Waals surface area (Å²) in [5, 5.41) is 6.72. The first-order valence-corrected chi connectivity index (χ1v) is 6.41. The molecule has 1 aromatic carbocycles. The number of benzene rings is 1. The molecule has 1 saturated heterocycles. The molecule has 0 aliphatic carbocycles. The highest BCUT2D eigenvalue weighted by atomic mass is 16.5. The van der Waals surface area contributed by atoms with Crippen LogP contribution in [0.4, 0.5) is 0 Å². The standard InChI is InChI=1S/C14H20N2O2/c1-18-14(17)13(11-5-3-2-4-6-11)16-12-7-9-15-10-8-12/h2-6,12-13,15-16H,7-10H2,1H3. The monoisotopic (exact) mass is 248 g/mol. The van der Waals surface area contributed by atoms with E-state index in [2.05, 4.69) is 10.6 Å². The van der Waals surface area contributed by atoms with Gasteiger partial charge in [-0.15, -0.1) is 0 Å². The Morgan fingerprint density at radius 1 is 1.33 bits per heavy atom. The summed E-state index contributed by atoms with van der Waals surface area (Å²) in [6.45, 7) is 2.00. The van der Waals surface area contributed by atoms with Crippen LogP contribution in [0.25, 0.3) is 0 Å². The summed E-state index contributed by atoms with van der Waals surface area (Å²) in [5.41, 5.74) is 0.961. The lowest BCUT2D eigenvalue weighted by Gasteiger charge is -2.28. The summed E-state index contributed by atoms with van der Waals surface area (Å²) in [4.78, 5) is 11.9. The number of methoxy groups -OCH3 is 1. The molecule has 0 radical (unpaired) electrons. The fourth-order valence-corrected chi connectivity index (χ4v) is 2.29. The number of nitrogens with one attached hydrogen (secondary N) is 2. The van der Waals surface area contributed by atoms with Crippen molar-refractivity contribution >= 4 is 5.97 Å². The van der Waals surface area contributed by atoms with E-state index in [1.54, 1.807) is 0 Å². The third-order valence-corrected chi connectivity index (χ3v) is 3.31. The van der Waals surface area contributed by atoms with E-state index in [9.17, 15) is 4.79 Å². The van der Waals surface area contributed by atoms with Gasteiger partial charge in [-0.2, -0.15) is 0 Å². The molecule has 0 bridgehead atoms. The number of piperidine rings is 1. The highest BCUT2D eigenvalue weighted by molar-refractivity contribution is 5.77. The van der Waals surface area contributed by atoms with Crippen molar-refractivity contribution in [2.24, 2.45) is 0 Å². The number of carbonyl (C=O) groups excluding carboxylic acids is 1. The van der Waals surface area contributed by atoms with Crippen LogP contribution in [0, 0.1) is 0 Å². The molecule has 18 heavy (non-hydrogen) atoms. The third-order valence-electron chi connectivity index (χ3n) is 3.31. The summed E-state index contributed by atoms with van der Waals surface area (Å²) in [6, 6.07) is 9.74. The molecule has 1 heterocycles. The Morgan fingerprint density at radius 2 is 2.00 bits per heavy atom. The van der Waals surface area contributed by atoms with Gasteiger partial charge in [-0.3, -0.25) is 5.32 Å². The van der Waals surface area contributed by atoms with Crippen molar-refractivity contribution in [2.75, 3.05) is 20.2 Å². The Bertz CT molecular complexity index is 375. The number of carbonyl (C=O) groups is 1. The highest BCUT2D eigenvalue weighted by Gasteiger charge is 2.25. The van der Waals surface area contributed by atoms with Gasteiger partial charge in [0.2, 0.25) is 0 Å². The molecule has 1 unspecified atom stereocenters. The van der Waals surface area contributed by atoms with Crippen molar-refractivity contribution in [2.45, 2.75) is 24.9 Å². The van der Waals surface area contributed by atoms with Crippen molar-refractivity contribution in [3.63, 3.8) is 0 Å². The van der Waals surface area contributed by atoms with E-state index in [0.29, 0.717) is 6.04 Å². The Balaban J connectivity index is 2.07. The molecular formula is C14H20N2O2. The van der Waals surface area contributed by atoms with Gasteiger partial charge in [0.1, 0.15) is 6.04 Å². The Morgan fingerprint density at radius 3 is 2.61 bits per heavy atom. The summed E-state index contributed by atoms with van der Waals surface area (Å²) in [7, 11) is 1.43. The van der Waals surface area contributed by atoms with Crippen molar-refractivity contribution in [1.29, 1.82) is 0 Å². The van der Waals surface area contributed by atoms with Crippen molar-refractivity contribution in [1.82, 2.24) is 10.6 Å². The van der Waals surface area contributed by atoms with Crippen molar-refractivity contribution in [3.8, 4) is 0 Å². The van der Waals surface area contributed by atoms with E-state index in [1.165, 1.54) is 7.11 Å². The molecule has 0 saturated carbocycles. The highest BCUT2D eigenvalue weighted by Crippen LogP contribution is 2.17. The summed E-state index contributed by atoms with van der Waals surface area (Å²) >= 11 is 0. The molecule has 4 heteroatoms. The minimum absolute atomic E-state index is 0.222. The van der Waals surface area contributed by atoms with E-state index in [-0.39, 0.29) is 12.0 Å². The lowest BCUT2D eigenvalue weighted by molar-refractivity contribution is -0.143. The fourth-order valence-electron chi connectivity index (χ4n) is 2.29. The fraction of sp³-hybridized carbons (Fsp3) is 0.500. The van der Waals surface area contributed by atoms with E-state index in [4.69, 9.17) is 4.74 Å². The summed E-state index contributed by atoms with van der Waals surface area (Å²) in [6.07, 6.45) is 2.08. The first kappa shape index (κ1) is 13.1. The van der Waals surface area contributed by atoms with Gasteiger partial charge in [-0.25, -0.2) is 4.79 Å². The van der Waals surface area contributed by atoms with E-state index in [1.807, 2.05) is 30.3 Å². The molecule has 0 spiro atoms. The molecule has 2 N–H and O–H groups in total. The number of hydrogen-bond donors (Lipinski definition) is 2. The van der Waals surface area contributed by atoms with Crippen LogP contribution >= 0.6 is 0 Å². The quantitative estimate of drug-likeness (QED) is 0.787. The van der Waals surface area contributed by atoms with Gasteiger partial charge in [0.25, 0.3) is 0 Å². The number of rotatable bonds is 4. The Hall–Kier alpha value is -1.39. The second-order valence-corrected chi connectivity index (χ2v) is 4.56. The Labute approximate surface area is 108 Å². The molecule has 2 rings (SSSR count). The maximum absolute atomic E-state index is 11.9. The molecule has 1 aliphatic rings. The maximum atomic E-state index is 11.9. The molecule has 0 amide bonds. The average molecular weight is 248 g/mol. The van der Waals surface area contributed by atoms with Crippen LogP contribution in [0.1, 0.15) is 24.4 Å². The van der Waals surface area contributed by atoms with Gasteiger partial charge in [0.15, 0.2) is 0 Å². The van der Waals surface area contributed by atoms with Gasteiger partial charge in [0.05, 0.1) is 7.11 Å². The van der Waals surface area contributed by atoms with Gasteiger partial charge in [0, 0.05) is 6.04 Å². The topological polar surface area (TPSA) is 50.4 Å². The third kappa shape index (κ3) is 3.31. The van der Waals surface area contributed by atoms with Crippen LogP contribution in [0.15, 0.2) is 30.3 Å². The van der Waals surface area contributed by atoms with Crippen LogP contribution in [0.2, 0.25) is 0 Å². The first-order chi connectivity index (χ1) is 8.81. The largest absolute Gasteiger partial charge is 0.468 e. The minimum atomic E-state index is -0.362. The van der Waals surface area contributed by atoms with Gasteiger partial charge >= 0.3 is 5.97 Å². The van der Waals surface area contributed by atoms with E-state index in [0.717, 1.165) is 31.5 Å². The molecule has 0 aromatic heterocycles. The lowest BCUT2D eigenvalue weighted by Crippen LogP contribution is -2.43. The molecule has 98 valence electrons. The summed E-state index contributed by atoms with van der Waals surface area (Å²) in [5.74, 6) is -0.222. The van der Waals surface area contributed by atoms with Crippen molar-refractivity contribution < 1.29 is 9.53 Å². The van der Waals surface area contributed by atoms with Gasteiger partial charge in [-0.05, 0) is 31.5 Å². The SMILES string of the molecule is COC(=O)C(NC1CCNCC1)c1ccccc1. The number of hydrogen-bond acceptors (Lipinski definition) is 4. The second-order valence-electron chi connectivity index (χ2n) is 4.56. The van der Waals surface area contributed by atoms with Crippen LogP contribution in [0.5, 0.6) is 0 Å². The zero-order valence-electron chi connectivity index (χ0n) is 10.7. The number of esters is 1. The zero-order chi connectivity index (χ0) is 12.8. The van der Waals surface area contributed by atoms with Crippen molar-refractivity contribution in [3.05, 3.63) is 35.9 Å². The first-order valence-electron chi connectivity index (χ1n) is 6.41. The van der Waals surface area contributed by atoms with Gasteiger partial charge < -0.3 is 10.1 Å². The molecular weight excluding hydrogens is 228 g/mol. The van der Waals surface area contributed by atoms with E-state index < -0.39 is 0 Å². The smallest absolute Gasteiger partial charge is 0.327 e. The molecule has 1 fully saturated rings. The maximum Gasteiger partial charge on any atom is 0.327 e. The second kappa shape index (κ2) is 6.52. The minimum Gasteiger partial charge on any atom is -0.468 e. The predicted molar refractivity (Wildman–Crippen MR) is 70.2 cm³/mol. The number of ether oxygens (including phenoxy) is 1. The van der Waals surface area contributed by atoms with Gasteiger partial charge in [-0.1, -0.05) is 30.3 Å². The molecule has 1 aromatic rings. The average Bonchev–Trinajstić information content (AvgIpc) is 2.46. The normalized spacial score (nSPS) is 18.3. The van der Waals surface area contributed by atoms with Crippen LogP contribution in [-0.4, -0.2) is 32.2 Å². The lowest BCUT2D eigenvalue weighted by atomic mass is 10.0. The predicted octanol–water partition coefficient (Wildman–Crippen LogP) is 1.24. The van der Waals surface area contributed by atoms with Crippen LogP contribution < -0.4 is 10.6 Å². The summed E-state index contributed by atoms with van der Waals surface area (Å²) < 4.78 is 4.89. The molecule has 1 aliphatic heterocycles. The van der Waals surface area contributed by atoms with Crippen LogP contribution in [0.3, 0.4) is 0 Å². The molecule has 1 atom stereocenters. The molecule has 4 nitrogen and oxygen atoms in total.